The van der Waals surface area contributed by atoms with Gasteiger partial charge in [0.2, 0.25) is 0 Å². The minimum Gasteiger partial charge on any atom is -0.466 e. The quantitative estimate of drug-likeness (QED) is 0.521. The molecule has 0 atom stereocenters. The van der Waals surface area contributed by atoms with E-state index in [-0.39, 0.29) is 11.4 Å². The Kier molecular flexibility index (Phi) is 5.08. The lowest BCUT2D eigenvalue weighted by Gasteiger charge is -2.35. The van der Waals surface area contributed by atoms with Gasteiger partial charge in [-0.15, -0.1) is 0 Å². The molecule has 21 heavy (non-hydrogen) atoms. The number of hydrogen-bond donors (Lipinski definition) is 0. The van der Waals surface area contributed by atoms with E-state index in [0.29, 0.717) is 0 Å². The van der Waals surface area contributed by atoms with Gasteiger partial charge in [-0.2, -0.15) is 0 Å². The van der Waals surface area contributed by atoms with Crippen LogP contribution in [0.15, 0.2) is 34.4 Å². The summed E-state index contributed by atoms with van der Waals surface area (Å²) in [5.41, 5.74) is 5.80. The number of allylic oxidation sites excluding steroid dienone is 5. The van der Waals surface area contributed by atoms with Crippen molar-refractivity contribution in [1.29, 1.82) is 0 Å². The molecule has 0 aromatic carbocycles. The van der Waals surface area contributed by atoms with Gasteiger partial charge in [0.15, 0.2) is 0 Å². The lowest BCUT2D eigenvalue weighted by molar-refractivity contribution is -0.134. The van der Waals surface area contributed by atoms with Crippen LogP contribution in [0.5, 0.6) is 0 Å². The highest BCUT2D eigenvalue weighted by Gasteiger charge is 2.29. The summed E-state index contributed by atoms with van der Waals surface area (Å²) in [5.74, 6) is -0.257. The van der Waals surface area contributed by atoms with Crippen molar-refractivity contribution in [2.75, 3.05) is 7.11 Å². The van der Waals surface area contributed by atoms with Gasteiger partial charge in [-0.05, 0) is 74.0 Å². The summed E-state index contributed by atoms with van der Waals surface area (Å²) in [5, 5.41) is 0. The number of carbonyl (C=O) groups excluding carboxylic acids is 1. The first-order valence-corrected chi connectivity index (χ1v) is 8.14. The number of rotatable bonds is 2. The average molecular weight is 288 g/mol. The predicted octanol–water partition coefficient (Wildman–Crippen LogP) is 5.11. The van der Waals surface area contributed by atoms with Crippen LogP contribution >= 0.6 is 0 Å². The molecule has 0 saturated carbocycles. The molecular weight excluding hydrogens is 260 g/mol. The van der Waals surface area contributed by atoms with Gasteiger partial charge in [0, 0.05) is 6.08 Å². The highest BCUT2D eigenvalue weighted by atomic mass is 16.5. The Hall–Kier alpha value is -1.31. The predicted molar refractivity (Wildman–Crippen MR) is 87.0 cm³/mol. The molecule has 0 N–H and O–H groups in total. The van der Waals surface area contributed by atoms with Crippen molar-refractivity contribution in [1.82, 2.24) is 0 Å². The van der Waals surface area contributed by atoms with Crippen LogP contribution in [0.25, 0.3) is 0 Å². The van der Waals surface area contributed by atoms with E-state index in [1.165, 1.54) is 56.8 Å². The summed E-state index contributed by atoms with van der Waals surface area (Å²) in [7, 11) is 1.43. The third kappa shape index (κ3) is 3.87. The first-order valence-electron chi connectivity index (χ1n) is 8.14. The van der Waals surface area contributed by atoms with Crippen LogP contribution in [0.3, 0.4) is 0 Å². The van der Waals surface area contributed by atoms with E-state index >= 15 is 0 Å². The molecular formula is C19H28O2. The van der Waals surface area contributed by atoms with E-state index in [9.17, 15) is 4.79 Å². The summed E-state index contributed by atoms with van der Waals surface area (Å²) in [6.45, 7) is 6.74. The van der Waals surface area contributed by atoms with Gasteiger partial charge in [-0.3, -0.25) is 0 Å². The van der Waals surface area contributed by atoms with Crippen LogP contribution in [0, 0.1) is 5.41 Å². The van der Waals surface area contributed by atoms with Crippen molar-refractivity contribution in [2.45, 2.75) is 65.7 Å². The normalized spacial score (nSPS) is 25.3. The number of esters is 1. The van der Waals surface area contributed by atoms with Crippen molar-refractivity contribution >= 4 is 5.97 Å². The van der Waals surface area contributed by atoms with Gasteiger partial charge in [-0.1, -0.05) is 25.5 Å². The standard InChI is InChI=1S/C19H28O2/c1-14(12-18(20)21-4)16-9-6-5-8-15-10-7-11-19(2,3)17(15)13-16/h12-13H,5-11H2,1-4H3/b14-12+,16-13+. The Morgan fingerprint density at radius 1 is 1.19 bits per heavy atom. The molecule has 0 aromatic heterocycles. The molecule has 0 bridgehead atoms. The van der Waals surface area contributed by atoms with Crippen molar-refractivity contribution in [2.24, 2.45) is 5.41 Å². The van der Waals surface area contributed by atoms with Crippen molar-refractivity contribution in [3.63, 3.8) is 0 Å². The van der Waals surface area contributed by atoms with Crippen molar-refractivity contribution < 1.29 is 9.53 Å². The minimum atomic E-state index is -0.257. The van der Waals surface area contributed by atoms with Crippen LogP contribution in [0.2, 0.25) is 0 Å². The van der Waals surface area contributed by atoms with E-state index in [1.807, 2.05) is 6.92 Å². The maximum atomic E-state index is 11.5. The van der Waals surface area contributed by atoms with Crippen LogP contribution < -0.4 is 0 Å². The van der Waals surface area contributed by atoms with Gasteiger partial charge in [0.25, 0.3) is 0 Å². The van der Waals surface area contributed by atoms with E-state index < -0.39 is 0 Å². The molecule has 2 aliphatic rings. The molecule has 2 nitrogen and oxygen atoms in total. The third-order valence-electron chi connectivity index (χ3n) is 4.93. The van der Waals surface area contributed by atoms with E-state index in [1.54, 1.807) is 11.6 Å². The maximum absolute atomic E-state index is 11.5. The molecule has 0 aliphatic heterocycles. The largest absolute Gasteiger partial charge is 0.466 e. The fraction of sp³-hybridized carbons (Fsp3) is 0.632. The van der Waals surface area contributed by atoms with Crippen molar-refractivity contribution in [3.05, 3.63) is 34.4 Å². The summed E-state index contributed by atoms with van der Waals surface area (Å²) in [6, 6.07) is 0. The van der Waals surface area contributed by atoms with Crippen molar-refractivity contribution in [3.8, 4) is 0 Å². The Morgan fingerprint density at radius 2 is 1.86 bits per heavy atom. The third-order valence-corrected chi connectivity index (χ3v) is 4.93. The fourth-order valence-corrected chi connectivity index (χ4v) is 3.59. The maximum Gasteiger partial charge on any atom is 0.330 e. The summed E-state index contributed by atoms with van der Waals surface area (Å²) >= 11 is 0. The first-order chi connectivity index (χ1) is 9.94. The van der Waals surface area contributed by atoms with Crippen LogP contribution in [-0.2, 0) is 9.53 Å². The molecule has 116 valence electrons. The highest BCUT2D eigenvalue weighted by Crippen LogP contribution is 2.44. The first kappa shape index (κ1) is 16.1. The molecule has 0 saturated heterocycles. The van der Waals surface area contributed by atoms with Gasteiger partial charge < -0.3 is 4.74 Å². The second kappa shape index (κ2) is 6.64. The Bertz CT molecular complexity index is 504. The van der Waals surface area contributed by atoms with Crippen LogP contribution in [0.4, 0.5) is 0 Å². The molecule has 0 heterocycles. The molecule has 0 radical (unpaired) electrons. The topological polar surface area (TPSA) is 26.3 Å². The second-order valence-corrected chi connectivity index (χ2v) is 6.98. The van der Waals surface area contributed by atoms with E-state index in [0.717, 1.165) is 12.0 Å². The molecule has 2 heteroatoms. The highest BCUT2D eigenvalue weighted by molar-refractivity contribution is 5.83. The SMILES string of the molecule is COC(=O)/C=C(C)/C1=C/C2=C(CCCC1)CCCC2(C)C. The molecule has 0 amide bonds. The smallest absolute Gasteiger partial charge is 0.330 e. The number of hydrogen-bond acceptors (Lipinski definition) is 2. The number of carbonyl (C=O) groups is 1. The minimum absolute atomic E-state index is 0.257. The zero-order valence-corrected chi connectivity index (χ0v) is 13.9. The van der Waals surface area contributed by atoms with Crippen LogP contribution in [-0.4, -0.2) is 13.1 Å². The monoisotopic (exact) mass is 288 g/mol. The molecule has 2 rings (SSSR count). The average Bonchev–Trinajstić information content (AvgIpc) is 2.39. The Balaban J connectivity index is 2.40. The fourth-order valence-electron chi connectivity index (χ4n) is 3.59. The molecule has 0 spiro atoms. The van der Waals surface area contributed by atoms with E-state index in [4.69, 9.17) is 4.74 Å². The summed E-state index contributed by atoms with van der Waals surface area (Å²) in [4.78, 5) is 11.5. The lowest BCUT2D eigenvalue weighted by Crippen LogP contribution is -2.21. The Labute approximate surface area is 129 Å². The van der Waals surface area contributed by atoms with Gasteiger partial charge in [-0.25, -0.2) is 4.79 Å². The lowest BCUT2D eigenvalue weighted by atomic mass is 9.70. The van der Waals surface area contributed by atoms with Gasteiger partial charge >= 0.3 is 5.97 Å². The molecule has 2 aliphatic carbocycles. The molecule has 0 aromatic rings. The summed E-state index contributed by atoms with van der Waals surface area (Å²) < 4.78 is 4.76. The zero-order chi connectivity index (χ0) is 15.5. The number of ether oxygens (including phenoxy) is 1. The molecule has 0 unspecified atom stereocenters. The molecule has 0 fully saturated rings. The van der Waals surface area contributed by atoms with Gasteiger partial charge in [0.05, 0.1) is 7.11 Å². The Morgan fingerprint density at radius 3 is 2.57 bits per heavy atom. The van der Waals surface area contributed by atoms with Gasteiger partial charge in [0.1, 0.15) is 0 Å². The zero-order valence-electron chi connectivity index (χ0n) is 13.9. The summed E-state index contributed by atoms with van der Waals surface area (Å²) in [6.07, 6.45) is 12.6. The number of methoxy groups -OCH3 is 1. The second-order valence-electron chi connectivity index (χ2n) is 6.98. The van der Waals surface area contributed by atoms with Crippen LogP contribution in [0.1, 0.15) is 65.7 Å². The van der Waals surface area contributed by atoms with E-state index in [2.05, 4.69) is 19.9 Å².